The smallest absolute Gasteiger partial charge is 0.230 e. The zero-order valence-electron chi connectivity index (χ0n) is 13.6. The molecule has 0 bridgehead atoms. The van der Waals surface area contributed by atoms with E-state index in [-0.39, 0.29) is 17.4 Å². The summed E-state index contributed by atoms with van der Waals surface area (Å²) in [6, 6.07) is 0. The zero-order chi connectivity index (χ0) is 16.7. The van der Waals surface area contributed by atoms with Crippen molar-refractivity contribution in [2.75, 3.05) is 16.8 Å². The molecule has 1 N–H and O–H groups in total. The molecule has 1 amide bonds. The summed E-state index contributed by atoms with van der Waals surface area (Å²) in [7, 11) is -3.04. The largest absolute Gasteiger partial charge is 0.300 e. The number of aryl methyl sites for hydroxylation is 1. The number of nitrogens with one attached hydrogen (secondary N) is 1. The van der Waals surface area contributed by atoms with Gasteiger partial charge in [-0.15, -0.1) is 10.2 Å². The maximum absolute atomic E-state index is 12.0. The summed E-state index contributed by atoms with van der Waals surface area (Å²) >= 11 is 1.38. The third-order valence-corrected chi connectivity index (χ3v) is 6.71. The van der Waals surface area contributed by atoms with Crippen LogP contribution in [0.25, 0.3) is 0 Å². The van der Waals surface area contributed by atoms with Crippen LogP contribution < -0.4 is 5.32 Å². The highest BCUT2D eigenvalue weighted by Crippen LogP contribution is 2.22. The molecule has 0 spiro atoms. The molecule has 1 aromatic heterocycles. The van der Waals surface area contributed by atoms with Gasteiger partial charge in [0.2, 0.25) is 11.0 Å². The Hall–Kier alpha value is -1.02. The van der Waals surface area contributed by atoms with E-state index in [1.807, 2.05) is 0 Å². The molecule has 2 heterocycles. The molecule has 0 saturated carbocycles. The fraction of sp³-hybridized carbons (Fsp3) is 0.800. The van der Waals surface area contributed by atoms with Crippen LogP contribution in [0.1, 0.15) is 56.9 Å². The van der Waals surface area contributed by atoms with Gasteiger partial charge in [0.05, 0.1) is 17.4 Å². The second kappa shape index (κ2) is 8.73. The molecular weight excluding hydrogens is 334 g/mol. The van der Waals surface area contributed by atoms with Gasteiger partial charge in [-0.3, -0.25) is 4.79 Å². The van der Waals surface area contributed by atoms with Crippen LogP contribution in [-0.2, 0) is 21.1 Å². The molecule has 0 unspecified atom stereocenters. The molecule has 1 aliphatic heterocycles. The Balaban J connectivity index is 1.71. The molecule has 0 aromatic carbocycles. The zero-order valence-corrected chi connectivity index (χ0v) is 15.2. The van der Waals surface area contributed by atoms with Crippen molar-refractivity contribution in [3.05, 3.63) is 5.01 Å². The fourth-order valence-electron chi connectivity index (χ4n) is 2.67. The van der Waals surface area contributed by atoms with Gasteiger partial charge in [0.15, 0.2) is 9.84 Å². The maximum atomic E-state index is 12.0. The second-order valence-electron chi connectivity index (χ2n) is 6.11. The van der Waals surface area contributed by atoms with Gasteiger partial charge in [0.1, 0.15) is 5.01 Å². The first kappa shape index (κ1) is 18.3. The molecule has 2 rings (SSSR count). The molecule has 23 heavy (non-hydrogen) atoms. The number of aromatic nitrogens is 2. The highest BCUT2D eigenvalue weighted by atomic mass is 32.2. The standard InChI is InChI=1S/C15H25N3O3S2/c1-2-3-4-5-6-7-8-13-17-18-15(22-13)16-14(19)12-9-10-23(20,21)11-12/h12H,2-11H2,1H3,(H,16,18,19)/t12-/m0/s1. The Bertz CT molecular complexity index is 613. The monoisotopic (exact) mass is 359 g/mol. The molecule has 1 aliphatic rings. The number of anilines is 1. The lowest BCUT2D eigenvalue weighted by atomic mass is 10.1. The molecule has 1 saturated heterocycles. The Morgan fingerprint density at radius 1 is 1.22 bits per heavy atom. The summed E-state index contributed by atoms with van der Waals surface area (Å²) < 4.78 is 22.8. The minimum absolute atomic E-state index is 0.0533. The number of unbranched alkanes of at least 4 members (excludes halogenated alkanes) is 5. The van der Waals surface area contributed by atoms with Crippen LogP contribution in [0.3, 0.4) is 0 Å². The number of hydrogen-bond donors (Lipinski definition) is 1. The van der Waals surface area contributed by atoms with E-state index in [4.69, 9.17) is 0 Å². The van der Waals surface area contributed by atoms with Crippen LogP contribution in [0.4, 0.5) is 5.13 Å². The van der Waals surface area contributed by atoms with Crippen molar-refractivity contribution in [3.8, 4) is 0 Å². The molecule has 1 aromatic rings. The molecule has 1 atom stereocenters. The van der Waals surface area contributed by atoms with E-state index in [2.05, 4.69) is 22.4 Å². The van der Waals surface area contributed by atoms with Gasteiger partial charge >= 0.3 is 0 Å². The van der Waals surface area contributed by atoms with Gasteiger partial charge < -0.3 is 5.32 Å². The fourth-order valence-corrected chi connectivity index (χ4v) is 5.20. The Kier molecular flexibility index (Phi) is 6.95. The van der Waals surface area contributed by atoms with Crippen molar-refractivity contribution in [1.82, 2.24) is 10.2 Å². The molecule has 8 heteroatoms. The number of amides is 1. The van der Waals surface area contributed by atoms with Crippen molar-refractivity contribution in [2.24, 2.45) is 5.92 Å². The quantitative estimate of drug-likeness (QED) is 0.685. The number of sulfone groups is 1. The summed E-state index contributed by atoms with van der Waals surface area (Å²) in [5, 5.41) is 12.2. The van der Waals surface area contributed by atoms with Crippen molar-refractivity contribution in [1.29, 1.82) is 0 Å². The number of hydrogen-bond acceptors (Lipinski definition) is 6. The third kappa shape index (κ3) is 6.18. The highest BCUT2D eigenvalue weighted by molar-refractivity contribution is 7.91. The highest BCUT2D eigenvalue weighted by Gasteiger charge is 2.33. The Labute approximate surface area is 142 Å². The molecule has 0 aliphatic carbocycles. The normalized spacial score (nSPS) is 19.8. The van der Waals surface area contributed by atoms with E-state index < -0.39 is 15.8 Å². The van der Waals surface area contributed by atoms with Crippen LogP contribution in [0.15, 0.2) is 0 Å². The van der Waals surface area contributed by atoms with Gasteiger partial charge in [0, 0.05) is 6.42 Å². The van der Waals surface area contributed by atoms with Crippen LogP contribution >= 0.6 is 11.3 Å². The number of nitrogens with zero attached hydrogens (tertiary/aromatic N) is 2. The van der Waals surface area contributed by atoms with Crippen LogP contribution in [0.5, 0.6) is 0 Å². The minimum Gasteiger partial charge on any atom is -0.300 e. The second-order valence-corrected chi connectivity index (χ2v) is 9.40. The summed E-state index contributed by atoms with van der Waals surface area (Å²) in [6.07, 6.45) is 8.67. The van der Waals surface area contributed by atoms with E-state index in [0.717, 1.165) is 17.8 Å². The number of rotatable bonds is 9. The first-order valence-corrected chi connectivity index (χ1v) is 11.0. The lowest BCUT2D eigenvalue weighted by Gasteiger charge is -2.05. The average Bonchev–Trinajstić information content (AvgIpc) is 3.09. The van der Waals surface area contributed by atoms with Gasteiger partial charge in [-0.2, -0.15) is 0 Å². The Morgan fingerprint density at radius 3 is 2.65 bits per heavy atom. The molecule has 1 fully saturated rings. The van der Waals surface area contributed by atoms with Crippen LogP contribution in [0, 0.1) is 5.92 Å². The van der Waals surface area contributed by atoms with E-state index in [0.29, 0.717) is 11.6 Å². The number of carbonyl (C=O) groups excluding carboxylic acids is 1. The first-order chi connectivity index (χ1) is 11.0. The lowest BCUT2D eigenvalue weighted by molar-refractivity contribution is -0.119. The molecule has 6 nitrogen and oxygen atoms in total. The minimum atomic E-state index is -3.04. The van der Waals surface area contributed by atoms with Gasteiger partial charge in [0.25, 0.3) is 0 Å². The molecule has 0 radical (unpaired) electrons. The number of carbonyl (C=O) groups is 1. The summed E-state index contributed by atoms with van der Waals surface area (Å²) in [4.78, 5) is 12.0. The van der Waals surface area contributed by atoms with Gasteiger partial charge in [-0.05, 0) is 12.8 Å². The molecule has 130 valence electrons. The topological polar surface area (TPSA) is 89.0 Å². The van der Waals surface area contributed by atoms with E-state index in [1.54, 1.807) is 0 Å². The maximum Gasteiger partial charge on any atom is 0.230 e. The predicted molar refractivity (Wildman–Crippen MR) is 92.4 cm³/mol. The summed E-state index contributed by atoms with van der Waals surface area (Å²) in [5.74, 6) is -0.661. The van der Waals surface area contributed by atoms with Gasteiger partial charge in [-0.1, -0.05) is 50.4 Å². The van der Waals surface area contributed by atoms with Crippen molar-refractivity contribution in [3.63, 3.8) is 0 Å². The lowest BCUT2D eigenvalue weighted by Crippen LogP contribution is -2.23. The SMILES string of the molecule is CCCCCCCCc1nnc(NC(=O)[C@H]2CCS(=O)(=O)C2)s1. The third-order valence-electron chi connectivity index (χ3n) is 4.04. The Morgan fingerprint density at radius 2 is 1.96 bits per heavy atom. The van der Waals surface area contributed by atoms with Crippen LogP contribution in [-0.4, -0.2) is 36.0 Å². The van der Waals surface area contributed by atoms with Crippen LogP contribution in [0.2, 0.25) is 0 Å². The van der Waals surface area contributed by atoms with E-state index in [1.165, 1.54) is 43.4 Å². The van der Waals surface area contributed by atoms with Crippen molar-refractivity contribution in [2.45, 2.75) is 58.3 Å². The van der Waals surface area contributed by atoms with Crippen molar-refractivity contribution >= 4 is 32.2 Å². The van der Waals surface area contributed by atoms with E-state index >= 15 is 0 Å². The summed E-state index contributed by atoms with van der Waals surface area (Å²) in [5.41, 5.74) is 0. The first-order valence-electron chi connectivity index (χ1n) is 8.34. The molecular formula is C15H25N3O3S2. The summed E-state index contributed by atoms with van der Waals surface area (Å²) in [6.45, 7) is 2.21. The van der Waals surface area contributed by atoms with Gasteiger partial charge in [-0.25, -0.2) is 8.42 Å². The predicted octanol–water partition coefficient (Wildman–Crippen LogP) is 2.81. The van der Waals surface area contributed by atoms with Crippen molar-refractivity contribution < 1.29 is 13.2 Å². The average molecular weight is 360 g/mol. The van der Waals surface area contributed by atoms with E-state index in [9.17, 15) is 13.2 Å².